The van der Waals surface area contributed by atoms with Gasteiger partial charge in [-0.15, -0.1) is 0 Å². The molecule has 3 aliphatic rings. The number of fused-ring (bicyclic) bond motifs is 1. The second kappa shape index (κ2) is 9.73. The lowest BCUT2D eigenvalue weighted by atomic mass is 9.81. The molecule has 4 rings (SSSR count). The first kappa shape index (κ1) is 21.0. The molecule has 1 N–H and O–H groups in total. The normalized spacial score (nSPS) is 24.7. The molecule has 2 aliphatic heterocycles. The molecule has 0 aromatic heterocycles. The smallest absolute Gasteiger partial charge is 0.233 e. The SMILES string of the molecule is O=C(CCN1C(=O)C2CCCCC2C1=O)NCc1ccccc1CN1CCCCC1. The topological polar surface area (TPSA) is 69.7 Å². The van der Waals surface area contributed by atoms with E-state index in [4.69, 9.17) is 0 Å². The van der Waals surface area contributed by atoms with Crippen LogP contribution in [0.2, 0.25) is 0 Å². The van der Waals surface area contributed by atoms with Crippen LogP contribution in [-0.4, -0.2) is 47.2 Å². The van der Waals surface area contributed by atoms with Crippen LogP contribution in [0.3, 0.4) is 0 Å². The van der Waals surface area contributed by atoms with Crippen molar-refractivity contribution in [3.63, 3.8) is 0 Å². The van der Waals surface area contributed by atoms with Gasteiger partial charge in [-0.2, -0.15) is 0 Å². The largest absolute Gasteiger partial charge is 0.352 e. The molecule has 30 heavy (non-hydrogen) atoms. The molecule has 6 nitrogen and oxygen atoms in total. The molecular weight excluding hydrogens is 378 g/mol. The Kier molecular flexibility index (Phi) is 6.82. The third kappa shape index (κ3) is 4.75. The van der Waals surface area contributed by atoms with E-state index in [0.29, 0.717) is 6.54 Å². The van der Waals surface area contributed by atoms with E-state index in [0.717, 1.165) is 50.9 Å². The molecule has 6 heteroatoms. The molecule has 1 aromatic rings. The number of nitrogens with zero attached hydrogens (tertiary/aromatic N) is 2. The van der Waals surface area contributed by atoms with Crippen molar-refractivity contribution in [2.24, 2.45) is 11.8 Å². The molecule has 1 aromatic carbocycles. The third-order valence-corrected chi connectivity index (χ3v) is 6.93. The molecule has 0 spiro atoms. The Hall–Kier alpha value is -2.21. The van der Waals surface area contributed by atoms with Crippen LogP contribution >= 0.6 is 0 Å². The van der Waals surface area contributed by atoms with Crippen LogP contribution in [0.4, 0.5) is 0 Å². The van der Waals surface area contributed by atoms with Crippen LogP contribution in [0.15, 0.2) is 24.3 Å². The molecule has 0 bridgehead atoms. The molecular formula is C24H33N3O3. The monoisotopic (exact) mass is 411 g/mol. The van der Waals surface area contributed by atoms with Crippen LogP contribution in [-0.2, 0) is 27.5 Å². The highest BCUT2D eigenvalue weighted by Crippen LogP contribution is 2.37. The summed E-state index contributed by atoms with van der Waals surface area (Å²) in [6.45, 7) is 3.88. The molecule has 2 atom stereocenters. The zero-order chi connectivity index (χ0) is 20.9. The summed E-state index contributed by atoms with van der Waals surface area (Å²) in [7, 11) is 0. The highest BCUT2D eigenvalue weighted by Gasteiger charge is 2.47. The number of nitrogens with one attached hydrogen (secondary N) is 1. The fourth-order valence-electron chi connectivity index (χ4n) is 5.19. The van der Waals surface area contributed by atoms with Crippen LogP contribution in [0.25, 0.3) is 0 Å². The van der Waals surface area contributed by atoms with Crippen molar-refractivity contribution >= 4 is 17.7 Å². The Bertz CT molecular complexity index is 764. The van der Waals surface area contributed by atoms with Gasteiger partial charge in [0.25, 0.3) is 0 Å². The second-order valence-corrected chi connectivity index (χ2v) is 8.96. The molecule has 2 unspecified atom stereocenters. The van der Waals surface area contributed by atoms with Crippen molar-refractivity contribution in [1.29, 1.82) is 0 Å². The highest BCUT2D eigenvalue weighted by molar-refractivity contribution is 6.05. The lowest BCUT2D eigenvalue weighted by molar-refractivity contribution is -0.140. The summed E-state index contributed by atoms with van der Waals surface area (Å²) >= 11 is 0. The number of rotatable bonds is 7. The zero-order valence-electron chi connectivity index (χ0n) is 17.8. The summed E-state index contributed by atoms with van der Waals surface area (Å²) in [6.07, 6.45) is 7.67. The maximum Gasteiger partial charge on any atom is 0.233 e. The van der Waals surface area contributed by atoms with Crippen molar-refractivity contribution in [3.05, 3.63) is 35.4 Å². The molecule has 1 aliphatic carbocycles. The lowest BCUT2D eigenvalue weighted by Crippen LogP contribution is -2.35. The molecule has 162 valence electrons. The van der Waals surface area contributed by atoms with E-state index in [9.17, 15) is 14.4 Å². The van der Waals surface area contributed by atoms with E-state index in [2.05, 4.69) is 28.4 Å². The van der Waals surface area contributed by atoms with Crippen LogP contribution in [0.5, 0.6) is 0 Å². The lowest BCUT2D eigenvalue weighted by Gasteiger charge is -2.27. The van der Waals surface area contributed by atoms with Gasteiger partial charge < -0.3 is 5.32 Å². The third-order valence-electron chi connectivity index (χ3n) is 6.93. The first-order chi connectivity index (χ1) is 14.6. The average Bonchev–Trinajstić information content (AvgIpc) is 3.02. The Balaban J connectivity index is 1.27. The summed E-state index contributed by atoms with van der Waals surface area (Å²) in [4.78, 5) is 41.3. The number of carbonyl (C=O) groups excluding carboxylic acids is 3. The summed E-state index contributed by atoms with van der Waals surface area (Å²) in [5.74, 6) is -0.529. The Morgan fingerprint density at radius 2 is 1.53 bits per heavy atom. The van der Waals surface area contributed by atoms with Gasteiger partial charge in [-0.3, -0.25) is 24.2 Å². The predicted molar refractivity (Wildman–Crippen MR) is 114 cm³/mol. The highest BCUT2D eigenvalue weighted by atomic mass is 16.2. The number of hydrogen-bond acceptors (Lipinski definition) is 4. The van der Waals surface area contributed by atoms with Crippen molar-refractivity contribution in [1.82, 2.24) is 15.1 Å². The number of likely N-dealkylation sites (tertiary alicyclic amines) is 2. The Morgan fingerprint density at radius 1 is 0.900 bits per heavy atom. The van der Waals surface area contributed by atoms with Crippen molar-refractivity contribution in [2.75, 3.05) is 19.6 Å². The minimum atomic E-state index is -0.143. The van der Waals surface area contributed by atoms with Crippen molar-refractivity contribution in [2.45, 2.75) is 64.5 Å². The van der Waals surface area contributed by atoms with Crippen LogP contribution in [0, 0.1) is 11.8 Å². The van der Waals surface area contributed by atoms with E-state index < -0.39 is 0 Å². The van der Waals surface area contributed by atoms with Gasteiger partial charge in [0.05, 0.1) is 11.8 Å². The fraction of sp³-hybridized carbons (Fsp3) is 0.625. The molecule has 3 amide bonds. The number of imide groups is 1. The number of benzene rings is 1. The van der Waals surface area contributed by atoms with E-state index >= 15 is 0 Å². The number of carbonyl (C=O) groups is 3. The summed E-state index contributed by atoms with van der Waals surface area (Å²) < 4.78 is 0. The quantitative estimate of drug-likeness (QED) is 0.701. The standard InChI is InChI=1S/C24H33N3O3/c28-22(12-15-27-23(29)20-10-4-5-11-21(20)24(27)30)25-16-18-8-2-3-9-19(18)17-26-13-6-1-7-14-26/h2-3,8-9,20-21H,1,4-7,10-17H2,(H,25,28). The summed E-state index contributed by atoms with van der Waals surface area (Å²) in [5, 5.41) is 2.99. The van der Waals surface area contributed by atoms with Gasteiger partial charge in [0.1, 0.15) is 0 Å². The van der Waals surface area contributed by atoms with Gasteiger partial charge in [0, 0.05) is 26.1 Å². The van der Waals surface area contributed by atoms with Gasteiger partial charge in [-0.1, -0.05) is 43.5 Å². The Labute approximate surface area is 179 Å². The first-order valence-electron chi connectivity index (χ1n) is 11.5. The fourth-order valence-corrected chi connectivity index (χ4v) is 5.19. The average molecular weight is 412 g/mol. The maximum atomic E-state index is 12.5. The van der Waals surface area contributed by atoms with Gasteiger partial charge in [0.15, 0.2) is 0 Å². The summed E-state index contributed by atoms with van der Waals surface area (Å²) in [6, 6.07) is 8.26. The van der Waals surface area contributed by atoms with E-state index in [1.165, 1.54) is 29.7 Å². The first-order valence-corrected chi connectivity index (χ1v) is 11.5. The number of amides is 3. The van der Waals surface area contributed by atoms with E-state index in [1.807, 2.05) is 6.07 Å². The van der Waals surface area contributed by atoms with Crippen LogP contribution in [0.1, 0.15) is 62.5 Å². The number of piperidine rings is 1. The zero-order valence-corrected chi connectivity index (χ0v) is 17.8. The Morgan fingerprint density at radius 3 is 2.20 bits per heavy atom. The molecule has 2 heterocycles. The van der Waals surface area contributed by atoms with Gasteiger partial charge >= 0.3 is 0 Å². The summed E-state index contributed by atoms with van der Waals surface area (Å²) in [5.41, 5.74) is 2.39. The second-order valence-electron chi connectivity index (χ2n) is 8.96. The minimum Gasteiger partial charge on any atom is -0.352 e. The predicted octanol–water partition coefficient (Wildman–Crippen LogP) is 2.85. The molecule has 1 saturated carbocycles. The molecule has 2 saturated heterocycles. The van der Waals surface area contributed by atoms with Crippen LogP contribution < -0.4 is 5.32 Å². The minimum absolute atomic E-state index is 0.0654. The van der Waals surface area contributed by atoms with Crippen molar-refractivity contribution < 1.29 is 14.4 Å². The molecule has 3 fully saturated rings. The van der Waals surface area contributed by atoms with E-state index in [1.54, 1.807) is 0 Å². The van der Waals surface area contributed by atoms with Crippen molar-refractivity contribution in [3.8, 4) is 0 Å². The van der Waals surface area contributed by atoms with E-state index in [-0.39, 0.29) is 42.5 Å². The molecule has 0 radical (unpaired) electrons. The maximum absolute atomic E-state index is 12.5. The van der Waals surface area contributed by atoms with Gasteiger partial charge in [0.2, 0.25) is 17.7 Å². The van der Waals surface area contributed by atoms with Gasteiger partial charge in [-0.05, 0) is 49.9 Å². The number of hydrogen-bond donors (Lipinski definition) is 1. The van der Waals surface area contributed by atoms with Gasteiger partial charge in [-0.25, -0.2) is 0 Å².